The summed E-state index contributed by atoms with van der Waals surface area (Å²) in [4.78, 5) is 25.0. The molecule has 0 bridgehead atoms. The van der Waals surface area contributed by atoms with Gasteiger partial charge < -0.3 is 5.32 Å². The van der Waals surface area contributed by atoms with Gasteiger partial charge in [-0.15, -0.1) is 0 Å². The number of nitrogens with one attached hydrogen (secondary N) is 1. The second kappa shape index (κ2) is 6.80. The Bertz CT molecular complexity index is 1010. The Morgan fingerprint density at radius 2 is 1.84 bits per heavy atom. The number of benzene rings is 2. The molecule has 3 rings (SSSR count). The van der Waals surface area contributed by atoms with Crippen LogP contribution in [0, 0.1) is 11.6 Å². The van der Waals surface area contributed by atoms with E-state index in [0.717, 1.165) is 12.1 Å². The molecule has 1 N–H and O–H groups in total. The molecule has 0 spiro atoms. The van der Waals surface area contributed by atoms with Crippen molar-refractivity contribution in [2.24, 2.45) is 0 Å². The van der Waals surface area contributed by atoms with E-state index in [1.807, 2.05) is 6.92 Å². The third-order valence-corrected chi connectivity index (χ3v) is 3.70. The molecule has 1 heterocycles. The van der Waals surface area contributed by atoms with Crippen LogP contribution in [0.5, 0.6) is 0 Å². The van der Waals surface area contributed by atoms with Crippen LogP contribution in [0.4, 0.5) is 14.5 Å². The highest BCUT2D eigenvalue weighted by atomic mass is 19.2. The van der Waals surface area contributed by atoms with Gasteiger partial charge >= 0.3 is 0 Å². The fraction of sp³-hybridized carbons (Fsp3) is 0.167. The van der Waals surface area contributed by atoms with E-state index in [1.54, 1.807) is 24.3 Å². The van der Waals surface area contributed by atoms with Crippen LogP contribution >= 0.6 is 0 Å². The highest BCUT2D eigenvalue weighted by molar-refractivity contribution is 6.11. The van der Waals surface area contributed by atoms with Crippen molar-refractivity contribution in [2.75, 3.05) is 5.32 Å². The number of amides is 1. The molecule has 0 radical (unpaired) electrons. The van der Waals surface area contributed by atoms with Crippen molar-refractivity contribution < 1.29 is 13.6 Å². The molecule has 0 saturated heterocycles. The van der Waals surface area contributed by atoms with Crippen LogP contribution < -0.4 is 10.9 Å². The Kier molecular flexibility index (Phi) is 4.56. The summed E-state index contributed by atoms with van der Waals surface area (Å²) < 4.78 is 27.6. The lowest BCUT2D eigenvalue weighted by atomic mass is 10.1. The molecule has 0 aliphatic carbocycles. The molecular weight excluding hydrogens is 328 g/mol. The number of aryl methyl sites for hydroxylation is 1. The van der Waals surface area contributed by atoms with Crippen molar-refractivity contribution >= 4 is 22.4 Å². The topological polar surface area (TPSA) is 64.0 Å². The summed E-state index contributed by atoms with van der Waals surface area (Å²) in [5.74, 6) is -2.67. The molecule has 1 amide bonds. The molecule has 1 aromatic heterocycles. The molecule has 3 aromatic rings. The number of hydrogen-bond acceptors (Lipinski definition) is 3. The summed E-state index contributed by atoms with van der Waals surface area (Å²) in [6, 6.07) is 9.71. The molecule has 25 heavy (non-hydrogen) atoms. The first kappa shape index (κ1) is 16.8. The number of halogens is 2. The van der Waals surface area contributed by atoms with E-state index in [0.29, 0.717) is 23.7 Å². The molecule has 7 heteroatoms. The maximum atomic E-state index is 13.3. The average molecular weight is 343 g/mol. The predicted octanol–water partition coefficient (Wildman–Crippen LogP) is 3.34. The first-order valence-corrected chi connectivity index (χ1v) is 7.77. The average Bonchev–Trinajstić information content (AvgIpc) is 2.61. The lowest BCUT2D eigenvalue weighted by molar-refractivity contribution is 0.102. The first-order valence-electron chi connectivity index (χ1n) is 7.77. The molecular formula is C18H15F2N3O2. The lowest BCUT2D eigenvalue weighted by Crippen LogP contribution is -2.27. The minimum atomic E-state index is -1.06. The maximum Gasteiger partial charge on any atom is 0.276 e. The van der Waals surface area contributed by atoms with Gasteiger partial charge in [0.1, 0.15) is 0 Å². The first-order chi connectivity index (χ1) is 12.0. The molecule has 0 saturated carbocycles. The number of carbonyl (C=O) groups is 1. The Labute approximate surface area is 141 Å². The van der Waals surface area contributed by atoms with E-state index in [2.05, 4.69) is 10.4 Å². The second-order valence-corrected chi connectivity index (χ2v) is 5.51. The summed E-state index contributed by atoms with van der Waals surface area (Å²) >= 11 is 0. The van der Waals surface area contributed by atoms with Gasteiger partial charge in [-0.2, -0.15) is 5.10 Å². The van der Waals surface area contributed by atoms with Crippen LogP contribution in [0.25, 0.3) is 10.8 Å². The minimum Gasteiger partial charge on any atom is -0.320 e. The van der Waals surface area contributed by atoms with E-state index in [1.165, 1.54) is 10.7 Å². The molecule has 0 atom stereocenters. The molecule has 5 nitrogen and oxygen atoms in total. The van der Waals surface area contributed by atoms with Gasteiger partial charge in [0.05, 0.1) is 5.39 Å². The number of anilines is 1. The van der Waals surface area contributed by atoms with Gasteiger partial charge in [0.2, 0.25) is 0 Å². The molecule has 0 aliphatic heterocycles. The van der Waals surface area contributed by atoms with E-state index in [9.17, 15) is 18.4 Å². The largest absolute Gasteiger partial charge is 0.320 e. The van der Waals surface area contributed by atoms with Gasteiger partial charge in [-0.05, 0) is 24.6 Å². The molecule has 0 unspecified atom stereocenters. The van der Waals surface area contributed by atoms with E-state index < -0.39 is 17.5 Å². The number of carbonyl (C=O) groups excluding carboxylic acids is 1. The summed E-state index contributed by atoms with van der Waals surface area (Å²) in [7, 11) is 0. The third kappa shape index (κ3) is 3.26. The van der Waals surface area contributed by atoms with Crippen LogP contribution in [0.2, 0.25) is 0 Å². The van der Waals surface area contributed by atoms with E-state index >= 15 is 0 Å². The Balaban J connectivity index is 2.07. The quantitative estimate of drug-likeness (QED) is 0.790. The molecule has 0 fully saturated rings. The lowest BCUT2D eigenvalue weighted by Gasteiger charge is -2.11. The van der Waals surface area contributed by atoms with E-state index in [4.69, 9.17) is 0 Å². The van der Waals surface area contributed by atoms with Gasteiger partial charge in [0.15, 0.2) is 17.3 Å². The van der Waals surface area contributed by atoms with Gasteiger partial charge in [-0.25, -0.2) is 13.5 Å². The highest BCUT2D eigenvalue weighted by Gasteiger charge is 2.17. The van der Waals surface area contributed by atoms with Gasteiger partial charge in [0, 0.05) is 23.7 Å². The van der Waals surface area contributed by atoms with Crippen molar-refractivity contribution in [3.8, 4) is 0 Å². The van der Waals surface area contributed by atoms with Crippen LogP contribution in [0.1, 0.15) is 23.8 Å². The molecule has 128 valence electrons. The van der Waals surface area contributed by atoms with Crippen LogP contribution in [-0.4, -0.2) is 15.7 Å². The number of nitrogens with zero attached hydrogens (tertiary/aromatic N) is 2. The standard InChI is InChI=1S/C18H15F2N3O2/c1-2-9-23-18(25)13-6-4-3-5-12(13)16(22-23)17(24)21-11-7-8-14(19)15(20)10-11/h3-8,10H,2,9H2,1H3,(H,21,24). The fourth-order valence-electron chi connectivity index (χ4n) is 2.53. The number of fused-ring (bicyclic) bond motifs is 1. The smallest absolute Gasteiger partial charge is 0.276 e. The summed E-state index contributed by atoms with van der Waals surface area (Å²) in [6.45, 7) is 2.26. The van der Waals surface area contributed by atoms with Crippen molar-refractivity contribution in [2.45, 2.75) is 19.9 Å². The number of hydrogen-bond donors (Lipinski definition) is 1. The fourth-order valence-corrected chi connectivity index (χ4v) is 2.53. The third-order valence-electron chi connectivity index (χ3n) is 3.70. The van der Waals surface area contributed by atoms with Crippen molar-refractivity contribution in [3.63, 3.8) is 0 Å². The summed E-state index contributed by atoms with van der Waals surface area (Å²) in [5.41, 5.74) is -0.127. The van der Waals surface area contributed by atoms with Gasteiger partial charge in [0.25, 0.3) is 11.5 Å². The molecule has 2 aromatic carbocycles. The zero-order valence-electron chi connectivity index (χ0n) is 13.4. The van der Waals surface area contributed by atoms with Crippen molar-refractivity contribution in [1.29, 1.82) is 0 Å². The Morgan fingerprint density at radius 3 is 2.52 bits per heavy atom. The Morgan fingerprint density at radius 1 is 1.12 bits per heavy atom. The monoisotopic (exact) mass is 343 g/mol. The van der Waals surface area contributed by atoms with E-state index in [-0.39, 0.29) is 16.9 Å². The SMILES string of the molecule is CCCn1nc(C(=O)Nc2ccc(F)c(F)c2)c2ccccc2c1=O. The van der Waals surface area contributed by atoms with Gasteiger partial charge in [-0.3, -0.25) is 9.59 Å². The summed E-state index contributed by atoms with van der Waals surface area (Å²) in [5, 5.41) is 7.41. The number of aromatic nitrogens is 2. The Hall–Kier alpha value is -3.09. The van der Waals surface area contributed by atoms with Crippen LogP contribution in [-0.2, 0) is 6.54 Å². The number of rotatable bonds is 4. The van der Waals surface area contributed by atoms with Crippen LogP contribution in [0.15, 0.2) is 47.3 Å². The predicted molar refractivity (Wildman–Crippen MR) is 90.6 cm³/mol. The zero-order valence-corrected chi connectivity index (χ0v) is 13.4. The minimum absolute atomic E-state index is 0.0494. The molecule has 0 aliphatic rings. The van der Waals surface area contributed by atoms with Gasteiger partial charge in [-0.1, -0.05) is 25.1 Å². The maximum absolute atomic E-state index is 13.3. The van der Waals surface area contributed by atoms with Crippen LogP contribution in [0.3, 0.4) is 0 Å². The van der Waals surface area contributed by atoms with Crippen molar-refractivity contribution in [1.82, 2.24) is 9.78 Å². The summed E-state index contributed by atoms with van der Waals surface area (Å²) in [6.07, 6.45) is 0.676. The highest BCUT2D eigenvalue weighted by Crippen LogP contribution is 2.17. The normalized spacial score (nSPS) is 10.8. The zero-order chi connectivity index (χ0) is 18.0. The second-order valence-electron chi connectivity index (χ2n) is 5.51. The van der Waals surface area contributed by atoms with Crippen molar-refractivity contribution in [3.05, 3.63) is 70.1 Å².